The van der Waals surface area contributed by atoms with E-state index in [0.29, 0.717) is 23.9 Å². The largest absolute Gasteiger partial charge is 0.317 e. The molecule has 0 bridgehead atoms. The van der Waals surface area contributed by atoms with E-state index in [-0.39, 0.29) is 0 Å². The van der Waals surface area contributed by atoms with E-state index in [4.69, 9.17) is 0 Å². The number of hydrogen-bond acceptors (Lipinski definition) is 4. The van der Waals surface area contributed by atoms with Gasteiger partial charge in [-0.05, 0) is 56.1 Å². The molecule has 0 spiro atoms. The second-order valence-electron chi connectivity index (χ2n) is 7.66. The number of hydrogen-bond donors (Lipinski definition) is 0. The molecule has 0 N–H and O–H groups in total. The zero-order valence-electron chi connectivity index (χ0n) is 15.2. The summed E-state index contributed by atoms with van der Waals surface area (Å²) in [5.41, 5.74) is 0.808. The molecule has 140 valence electrons. The van der Waals surface area contributed by atoms with Crippen molar-refractivity contribution >= 4 is 10.0 Å². The number of nitrogens with zero attached hydrogens (tertiary/aromatic N) is 4. The molecule has 0 atom stereocenters. The van der Waals surface area contributed by atoms with Crippen LogP contribution in [0.15, 0.2) is 35.5 Å². The lowest BCUT2D eigenvalue weighted by Crippen LogP contribution is -2.39. The third-order valence-electron chi connectivity index (χ3n) is 5.60. The Morgan fingerprint density at radius 3 is 2.50 bits per heavy atom. The van der Waals surface area contributed by atoms with Crippen molar-refractivity contribution in [3.63, 3.8) is 0 Å². The van der Waals surface area contributed by atoms with Gasteiger partial charge in [-0.15, -0.1) is 10.2 Å². The van der Waals surface area contributed by atoms with Crippen LogP contribution in [0.25, 0.3) is 0 Å². The molecule has 4 rings (SSSR count). The van der Waals surface area contributed by atoms with Crippen LogP contribution in [0, 0.1) is 18.8 Å². The normalized spacial score (nSPS) is 19.7. The molecule has 6 nitrogen and oxygen atoms in total. The Balaban J connectivity index is 1.38. The maximum Gasteiger partial charge on any atom is 0.243 e. The molecule has 2 fully saturated rings. The van der Waals surface area contributed by atoms with Crippen LogP contribution in [0.2, 0.25) is 0 Å². The summed E-state index contributed by atoms with van der Waals surface area (Å²) in [5.74, 6) is 2.32. The molecule has 7 heteroatoms. The predicted molar refractivity (Wildman–Crippen MR) is 99.1 cm³/mol. The average Bonchev–Trinajstić information content (AvgIpc) is 3.35. The van der Waals surface area contributed by atoms with Gasteiger partial charge in [0.05, 0.1) is 4.90 Å². The average molecular weight is 375 g/mol. The summed E-state index contributed by atoms with van der Waals surface area (Å²) < 4.78 is 29.7. The molecule has 2 heterocycles. The van der Waals surface area contributed by atoms with Crippen molar-refractivity contribution in [3.05, 3.63) is 42.0 Å². The van der Waals surface area contributed by atoms with Gasteiger partial charge in [0, 0.05) is 26.1 Å². The van der Waals surface area contributed by atoms with Crippen molar-refractivity contribution in [2.75, 3.05) is 13.1 Å². The fraction of sp³-hybridized carbons (Fsp3) is 0.579. The summed E-state index contributed by atoms with van der Waals surface area (Å²) in [4.78, 5) is 0.433. The second kappa shape index (κ2) is 7.12. The molecule has 1 aromatic heterocycles. The van der Waals surface area contributed by atoms with Gasteiger partial charge in [0.25, 0.3) is 0 Å². The molecule has 2 aliphatic rings. The Morgan fingerprint density at radius 2 is 1.81 bits per heavy atom. The summed E-state index contributed by atoms with van der Waals surface area (Å²) >= 11 is 0. The van der Waals surface area contributed by atoms with Gasteiger partial charge in [-0.2, -0.15) is 4.31 Å². The summed E-state index contributed by atoms with van der Waals surface area (Å²) in [6, 6.07) is 7.22. The van der Waals surface area contributed by atoms with Gasteiger partial charge >= 0.3 is 0 Å². The fourth-order valence-electron chi connectivity index (χ4n) is 3.76. The van der Waals surface area contributed by atoms with Crippen LogP contribution < -0.4 is 0 Å². The number of benzene rings is 1. The molecular formula is C19H26N4O2S. The number of aromatic nitrogens is 3. The lowest BCUT2D eigenvalue weighted by atomic mass is 9.94. The van der Waals surface area contributed by atoms with Crippen LogP contribution >= 0.6 is 0 Å². The van der Waals surface area contributed by atoms with Crippen LogP contribution in [-0.4, -0.2) is 40.6 Å². The molecule has 2 aromatic rings. The number of piperidine rings is 1. The van der Waals surface area contributed by atoms with E-state index >= 15 is 0 Å². The van der Waals surface area contributed by atoms with Gasteiger partial charge in [-0.25, -0.2) is 8.42 Å². The Morgan fingerprint density at radius 1 is 1.08 bits per heavy atom. The van der Waals surface area contributed by atoms with Crippen LogP contribution in [0.1, 0.15) is 37.1 Å². The fourth-order valence-corrected chi connectivity index (χ4v) is 5.46. The van der Waals surface area contributed by atoms with E-state index in [9.17, 15) is 8.42 Å². The van der Waals surface area contributed by atoms with E-state index in [1.165, 1.54) is 12.8 Å². The zero-order chi connectivity index (χ0) is 18.1. The maximum atomic E-state index is 12.9. The highest BCUT2D eigenvalue weighted by molar-refractivity contribution is 7.89. The van der Waals surface area contributed by atoms with Crippen molar-refractivity contribution in [1.29, 1.82) is 0 Å². The summed E-state index contributed by atoms with van der Waals surface area (Å²) in [5, 5.41) is 8.38. The first-order valence-electron chi connectivity index (χ1n) is 9.46. The highest BCUT2D eigenvalue weighted by Crippen LogP contribution is 2.31. The minimum atomic E-state index is -3.39. The zero-order valence-corrected chi connectivity index (χ0v) is 16.0. The standard InChI is InChI=1S/C19H26N4O2S/c1-15-4-2-3-5-18(15)26(24,25)23-10-8-16(9-11-23)12-19-21-20-14-22(19)13-17-6-7-17/h2-5,14,16-17H,6-13H2,1H3. The van der Waals surface area contributed by atoms with E-state index in [0.717, 1.165) is 43.1 Å². The van der Waals surface area contributed by atoms with Crippen molar-refractivity contribution < 1.29 is 8.42 Å². The molecule has 26 heavy (non-hydrogen) atoms. The Labute approximate surface area is 155 Å². The monoisotopic (exact) mass is 374 g/mol. The Hall–Kier alpha value is -1.73. The van der Waals surface area contributed by atoms with Crippen molar-refractivity contribution in [2.24, 2.45) is 11.8 Å². The van der Waals surface area contributed by atoms with Crippen molar-refractivity contribution in [1.82, 2.24) is 19.1 Å². The summed E-state index contributed by atoms with van der Waals surface area (Å²) in [6.07, 6.45) is 7.11. The molecule has 1 aromatic carbocycles. The first-order valence-corrected chi connectivity index (χ1v) is 10.9. The van der Waals surface area contributed by atoms with Gasteiger partial charge in [-0.1, -0.05) is 18.2 Å². The number of aryl methyl sites for hydroxylation is 1. The lowest BCUT2D eigenvalue weighted by Gasteiger charge is -2.31. The highest BCUT2D eigenvalue weighted by Gasteiger charge is 2.31. The highest BCUT2D eigenvalue weighted by atomic mass is 32.2. The van der Waals surface area contributed by atoms with Crippen LogP contribution in [0.5, 0.6) is 0 Å². The summed E-state index contributed by atoms with van der Waals surface area (Å²) in [6.45, 7) is 4.05. The Bertz CT molecular complexity index is 865. The van der Waals surface area contributed by atoms with Gasteiger partial charge < -0.3 is 4.57 Å². The van der Waals surface area contributed by atoms with E-state index in [1.807, 2.05) is 25.4 Å². The summed E-state index contributed by atoms with van der Waals surface area (Å²) in [7, 11) is -3.39. The molecule has 1 aliphatic carbocycles. The molecule has 0 amide bonds. The van der Waals surface area contributed by atoms with E-state index < -0.39 is 10.0 Å². The van der Waals surface area contributed by atoms with Crippen LogP contribution in [0.4, 0.5) is 0 Å². The first kappa shape index (κ1) is 17.7. The van der Waals surface area contributed by atoms with E-state index in [1.54, 1.807) is 16.4 Å². The van der Waals surface area contributed by atoms with Crippen LogP contribution in [0.3, 0.4) is 0 Å². The predicted octanol–water partition coefficient (Wildman–Crippen LogP) is 2.64. The smallest absolute Gasteiger partial charge is 0.243 e. The SMILES string of the molecule is Cc1ccccc1S(=O)(=O)N1CCC(Cc2nncn2CC2CC2)CC1. The number of rotatable bonds is 6. The van der Waals surface area contributed by atoms with E-state index in [2.05, 4.69) is 14.8 Å². The lowest BCUT2D eigenvalue weighted by molar-refractivity contribution is 0.268. The van der Waals surface area contributed by atoms with Gasteiger partial charge in [0.15, 0.2) is 0 Å². The molecule has 1 saturated heterocycles. The second-order valence-corrected chi connectivity index (χ2v) is 9.57. The topological polar surface area (TPSA) is 68.1 Å². The van der Waals surface area contributed by atoms with Crippen molar-refractivity contribution in [3.8, 4) is 0 Å². The quantitative estimate of drug-likeness (QED) is 0.779. The minimum Gasteiger partial charge on any atom is -0.317 e. The Kier molecular flexibility index (Phi) is 4.84. The van der Waals surface area contributed by atoms with Gasteiger partial charge in [-0.3, -0.25) is 0 Å². The molecule has 1 saturated carbocycles. The maximum absolute atomic E-state index is 12.9. The van der Waals surface area contributed by atoms with Crippen LogP contribution in [-0.2, 0) is 23.0 Å². The third-order valence-corrected chi connectivity index (χ3v) is 7.66. The van der Waals surface area contributed by atoms with Gasteiger partial charge in [0.1, 0.15) is 12.2 Å². The molecule has 0 radical (unpaired) electrons. The van der Waals surface area contributed by atoms with Crippen molar-refractivity contribution in [2.45, 2.75) is 50.5 Å². The third kappa shape index (κ3) is 3.69. The van der Waals surface area contributed by atoms with Gasteiger partial charge in [0.2, 0.25) is 10.0 Å². The minimum absolute atomic E-state index is 0.433. The molecule has 1 aliphatic heterocycles. The molecule has 0 unspecified atom stereocenters. The molecular weight excluding hydrogens is 348 g/mol. The first-order chi connectivity index (χ1) is 12.5. The number of sulfonamides is 1.